The first-order valence-corrected chi connectivity index (χ1v) is 7.00. The van der Waals surface area contributed by atoms with Crippen LogP contribution in [0.3, 0.4) is 0 Å². The fourth-order valence-electron chi connectivity index (χ4n) is 2.12. The van der Waals surface area contributed by atoms with E-state index in [1.807, 2.05) is 0 Å². The Hall–Kier alpha value is -0.590. The lowest BCUT2D eigenvalue weighted by Gasteiger charge is -2.22. The third-order valence-electron chi connectivity index (χ3n) is 3.17. The topological polar surface area (TPSA) is 42.2 Å². The predicted molar refractivity (Wildman–Crippen MR) is 67.7 cm³/mol. The average molecular weight is 239 g/mol. The summed E-state index contributed by atoms with van der Waals surface area (Å²) >= 11 is 0. The van der Waals surface area contributed by atoms with Gasteiger partial charge in [-0.3, -0.25) is 0 Å². The Kier molecular flexibility index (Phi) is 8.99. The Balaban J connectivity index is 1.76. The molecule has 17 heavy (non-hydrogen) atoms. The van der Waals surface area contributed by atoms with Crippen LogP contribution in [-0.4, -0.2) is 25.9 Å². The van der Waals surface area contributed by atoms with Crippen molar-refractivity contribution in [2.75, 3.05) is 19.8 Å². The van der Waals surface area contributed by atoms with Crippen LogP contribution in [0.25, 0.3) is 0 Å². The SMILES string of the molecule is N#CCCCCOCCCCC1CCCCO1. The molecule has 0 aliphatic carbocycles. The van der Waals surface area contributed by atoms with Crippen molar-refractivity contribution in [1.82, 2.24) is 0 Å². The fraction of sp³-hybridized carbons (Fsp3) is 0.929. The van der Waals surface area contributed by atoms with Gasteiger partial charge in [0.25, 0.3) is 0 Å². The van der Waals surface area contributed by atoms with E-state index in [0.717, 1.165) is 39.1 Å². The van der Waals surface area contributed by atoms with Crippen molar-refractivity contribution in [2.45, 2.75) is 63.9 Å². The van der Waals surface area contributed by atoms with E-state index in [4.69, 9.17) is 14.7 Å². The first-order valence-electron chi connectivity index (χ1n) is 7.00. The highest BCUT2D eigenvalue weighted by molar-refractivity contribution is 4.67. The molecule has 1 rings (SSSR count). The second-order valence-electron chi connectivity index (χ2n) is 4.71. The van der Waals surface area contributed by atoms with Crippen LogP contribution in [-0.2, 0) is 9.47 Å². The summed E-state index contributed by atoms with van der Waals surface area (Å²) in [5.74, 6) is 0. The summed E-state index contributed by atoms with van der Waals surface area (Å²) < 4.78 is 11.2. The van der Waals surface area contributed by atoms with E-state index in [2.05, 4.69) is 6.07 Å². The zero-order valence-electron chi connectivity index (χ0n) is 10.8. The van der Waals surface area contributed by atoms with Crippen LogP contribution in [0.2, 0.25) is 0 Å². The van der Waals surface area contributed by atoms with Crippen LogP contribution in [0, 0.1) is 11.3 Å². The maximum Gasteiger partial charge on any atom is 0.0621 e. The van der Waals surface area contributed by atoms with Gasteiger partial charge in [-0.05, 0) is 51.4 Å². The maximum atomic E-state index is 8.36. The molecule has 0 radical (unpaired) electrons. The molecule has 0 bridgehead atoms. The summed E-state index contributed by atoms with van der Waals surface area (Å²) in [6.07, 6.45) is 10.5. The van der Waals surface area contributed by atoms with Gasteiger partial charge in [0, 0.05) is 26.2 Å². The first kappa shape index (κ1) is 14.5. The van der Waals surface area contributed by atoms with Crippen LogP contribution in [0.1, 0.15) is 57.8 Å². The van der Waals surface area contributed by atoms with Crippen molar-refractivity contribution in [3.05, 3.63) is 0 Å². The normalized spacial score (nSPS) is 20.1. The van der Waals surface area contributed by atoms with E-state index in [1.165, 1.54) is 32.1 Å². The summed E-state index contributed by atoms with van der Waals surface area (Å²) in [4.78, 5) is 0. The Morgan fingerprint density at radius 3 is 2.65 bits per heavy atom. The number of nitriles is 1. The highest BCUT2D eigenvalue weighted by atomic mass is 16.5. The van der Waals surface area contributed by atoms with Crippen LogP contribution in [0.5, 0.6) is 0 Å². The summed E-state index contributed by atoms with van der Waals surface area (Å²) in [6, 6.07) is 2.15. The van der Waals surface area contributed by atoms with E-state index in [9.17, 15) is 0 Å². The van der Waals surface area contributed by atoms with Crippen molar-refractivity contribution in [3.8, 4) is 6.07 Å². The second kappa shape index (κ2) is 10.6. The molecule has 1 heterocycles. The van der Waals surface area contributed by atoms with Gasteiger partial charge in [-0.1, -0.05) is 0 Å². The molecule has 98 valence electrons. The molecule has 0 aromatic heterocycles. The largest absolute Gasteiger partial charge is 0.381 e. The van der Waals surface area contributed by atoms with Gasteiger partial charge < -0.3 is 9.47 Å². The zero-order chi connectivity index (χ0) is 12.2. The number of unbranched alkanes of at least 4 members (excludes halogenated alkanes) is 3. The van der Waals surface area contributed by atoms with E-state index < -0.39 is 0 Å². The minimum atomic E-state index is 0.513. The summed E-state index contributed by atoms with van der Waals surface area (Å²) in [6.45, 7) is 2.63. The molecule has 1 aliphatic rings. The predicted octanol–water partition coefficient (Wildman–Crippen LogP) is 3.44. The van der Waals surface area contributed by atoms with Crippen LogP contribution < -0.4 is 0 Å². The first-order chi connectivity index (χ1) is 8.43. The van der Waals surface area contributed by atoms with Crippen molar-refractivity contribution in [2.24, 2.45) is 0 Å². The molecule has 0 amide bonds. The lowest BCUT2D eigenvalue weighted by molar-refractivity contribution is 0.00842. The van der Waals surface area contributed by atoms with Gasteiger partial charge in [-0.25, -0.2) is 0 Å². The van der Waals surface area contributed by atoms with E-state index in [-0.39, 0.29) is 0 Å². The molecule has 1 saturated heterocycles. The highest BCUT2D eigenvalue weighted by Crippen LogP contribution is 2.17. The van der Waals surface area contributed by atoms with Gasteiger partial charge in [-0.2, -0.15) is 5.26 Å². The minimum absolute atomic E-state index is 0.513. The van der Waals surface area contributed by atoms with Crippen LogP contribution in [0.4, 0.5) is 0 Å². The molecule has 0 spiro atoms. The van der Waals surface area contributed by atoms with Gasteiger partial charge in [0.05, 0.1) is 12.2 Å². The van der Waals surface area contributed by atoms with E-state index in [1.54, 1.807) is 0 Å². The van der Waals surface area contributed by atoms with Gasteiger partial charge >= 0.3 is 0 Å². The van der Waals surface area contributed by atoms with Gasteiger partial charge in [0.1, 0.15) is 0 Å². The molecule has 3 nitrogen and oxygen atoms in total. The third-order valence-corrected chi connectivity index (χ3v) is 3.17. The highest BCUT2D eigenvalue weighted by Gasteiger charge is 2.12. The molecule has 1 aliphatic heterocycles. The molecule has 0 aromatic carbocycles. The van der Waals surface area contributed by atoms with E-state index in [0.29, 0.717) is 12.5 Å². The molecule has 1 atom stereocenters. The van der Waals surface area contributed by atoms with Crippen molar-refractivity contribution in [1.29, 1.82) is 5.26 Å². The quantitative estimate of drug-likeness (QED) is 0.579. The lowest BCUT2D eigenvalue weighted by atomic mass is 10.0. The smallest absolute Gasteiger partial charge is 0.0621 e. The van der Waals surface area contributed by atoms with Crippen LogP contribution >= 0.6 is 0 Å². The lowest BCUT2D eigenvalue weighted by Crippen LogP contribution is -2.18. The number of ether oxygens (including phenoxy) is 2. The number of nitrogens with zero attached hydrogens (tertiary/aromatic N) is 1. The summed E-state index contributed by atoms with van der Waals surface area (Å²) in [7, 11) is 0. The molecule has 0 N–H and O–H groups in total. The molecule has 0 saturated carbocycles. The Morgan fingerprint density at radius 2 is 1.94 bits per heavy atom. The fourth-order valence-corrected chi connectivity index (χ4v) is 2.12. The van der Waals surface area contributed by atoms with Gasteiger partial charge in [0.2, 0.25) is 0 Å². The molecule has 1 unspecified atom stereocenters. The van der Waals surface area contributed by atoms with Crippen molar-refractivity contribution < 1.29 is 9.47 Å². The number of hydrogen-bond acceptors (Lipinski definition) is 3. The second-order valence-corrected chi connectivity index (χ2v) is 4.71. The number of rotatable bonds is 9. The Bertz CT molecular complexity index is 207. The minimum Gasteiger partial charge on any atom is -0.381 e. The number of hydrogen-bond donors (Lipinski definition) is 0. The Labute approximate surface area is 105 Å². The molecule has 3 heteroatoms. The van der Waals surface area contributed by atoms with Crippen molar-refractivity contribution >= 4 is 0 Å². The molecule has 1 fully saturated rings. The maximum absolute atomic E-state index is 8.36. The zero-order valence-corrected chi connectivity index (χ0v) is 10.8. The third kappa shape index (κ3) is 8.18. The van der Waals surface area contributed by atoms with Gasteiger partial charge in [0.15, 0.2) is 0 Å². The standard InChI is InChI=1S/C14H25NO2/c15-10-4-1-5-11-16-12-6-2-8-14-9-3-7-13-17-14/h14H,1-9,11-13H2. The van der Waals surface area contributed by atoms with Crippen LogP contribution in [0.15, 0.2) is 0 Å². The average Bonchev–Trinajstić information content (AvgIpc) is 2.38. The van der Waals surface area contributed by atoms with E-state index >= 15 is 0 Å². The molecular formula is C14H25NO2. The summed E-state index contributed by atoms with van der Waals surface area (Å²) in [5, 5.41) is 8.36. The molecule has 0 aromatic rings. The van der Waals surface area contributed by atoms with Gasteiger partial charge in [-0.15, -0.1) is 0 Å². The Morgan fingerprint density at radius 1 is 1.12 bits per heavy atom. The molecular weight excluding hydrogens is 214 g/mol. The van der Waals surface area contributed by atoms with Crippen molar-refractivity contribution in [3.63, 3.8) is 0 Å². The monoisotopic (exact) mass is 239 g/mol. The summed E-state index contributed by atoms with van der Waals surface area (Å²) in [5.41, 5.74) is 0.